The zero-order valence-electron chi connectivity index (χ0n) is 13.6. The van der Waals surface area contributed by atoms with Crippen molar-refractivity contribution in [3.8, 4) is 0 Å². The van der Waals surface area contributed by atoms with Crippen LogP contribution in [0.3, 0.4) is 0 Å². The van der Waals surface area contributed by atoms with Crippen LogP contribution in [-0.2, 0) is 15.4 Å². The van der Waals surface area contributed by atoms with Crippen LogP contribution in [0.1, 0.15) is 39.2 Å². The maximum atomic E-state index is 12.6. The Morgan fingerprint density at radius 1 is 1.14 bits per heavy atom. The van der Waals surface area contributed by atoms with Crippen LogP contribution in [0.2, 0.25) is 0 Å². The Labute approximate surface area is 140 Å². The molecule has 2 rings (SSSR count). The minimum absolute atomic E-state index is 0. The van der Waals surface area contributed by atoms with Gasteiger partial charge in [0.1, 0.15) is 0 Å². The van der Waals surface area contributed by atoms with Gasteiger partial charge in [0, 0.05) is 13.1 Å². The van der Waals surface area contributed by atoms with Crippen LogP contribution < -0.4 is 5.73 Å². The summed E-state index contributed by atoms with van der Waals surface area (Å²) in [4.78, 5) is 0.390. The summed E-state index contributed by atoms with van der Waals surface area (Å²) in [6.07, 6.45) is 1.71. The Hall–Kier alpha value is -0.620. The quantitative estimate of drug-likeness (QED) is 0.915. The van der Waals surface area contributed by atoms with E-state index in [-0.39, 0.29) is 17.8 Å². The highest BCUT2D eigenvalue weighted by molar-refractivity contribution is 7.89. The van der Waals surface area contributed by atoms with Crippen molar-refractivity contribution in [3.63, 3.8) is 0 Å². The molecule has 0 unspecified atom stereocenters. The van der Waals surface area contributed by atoms with E-state index in [1.165, 1.54) is 0 Å². The molecule has 1 saturated heterocycles. The molecular weight excluding hydrogens is 320 g/mol. The molecule has 1 fully saturated rings. The number of nitrogens with zero attached hydrogens (tertiary/aromatic N) is 1. The lowest BCUT2D eigenvalue weighted by Gasteiger charge is -2.30. The van der Waals surface area contributed by atoms with Gasteiger partial charge in [-0.1, -0.05) is 32.9 Å². The van der Waals surface area contributed by atoms with Gasteiger partial charge in [-0.05, 0) is 48.4 Å². The van der Waals surface area contributed by atoms with Crippen LogP contribution in [0.4, 0.5) is 0 Å². The molecule has 22 heavy (non-hydrogen) atoms. The number of piperidine rings is 1. The highest BCUT2D eigenvalue weighted by atomic mass is 35.5. The molecule has 126 valence electrons. The van der Waals surface area contributed by atoms with Crippen molar-refractivity contribution in [2.24, 2.45) is 11.7 Å². The fourth-order valence-corrected chi connectivity index (χ4v) is 4.13. The zero-order chi connectivity index (χ0) is 15.7. The topological polar surface area (TPSA) is 63.4 Å². The average Bonchev–Trinajstić information content (AvgIpc) is 2.46. The first-order valence-electron chi connectivity index (χ1n) is 7.56. The van der Waals surface area contributed by atoms with E-state index >= 15 is 0 Å². The van der Waals surface area contributed by atoms with Crippen LogP contribution in [0.25, 0.3) is 0 Å². The van der Waals surface area contributed by atoms with Crippen molar-refractivity contribution >= 4 is 22.4 Å². The monoisotopic (exact) mass is 346 g/mol. The van der Waals surface area contributed by atoms with Gasteiger partial charge in [-0.3, -0.25) is 0 Å². The van der Waals surface area contributed by atoms with E-state index in [4.69, 9.17) is 5.73 Å². The van der Waals surface area contributed by atoms with E-state index in [0.717, 1.165) is 18.4 Å². The van der Waals surface area contributed by atoms with Crippen molar-refractivity contribution in [2.75, 3.05) is 19.6 Å². The minimum Gasteiger partial charge on any atom is -0.330 e. The second-order valence-electron chi connectivity index (χ2n) is 6.86. The molecule has 4 nitrogen and oxygen atoms in total. The predicted octanol–water partition coefficient (Wildman–Crippen LogP) is 2.77. The number of benzene rings is 1. The normalized spacial score (nSPS) is 18.0. The number of hydrogen-bond donors (Lipinski definition) is 1. The van der Waals surface area contributed by atoms with Gasteiger partial charge in [0.2, 0.25) is 10.0 Å². The van der Waals surface area contributed by atoms with Crippen molar-refractivity contribution < 1.29 is 8.42 Å². The van der Waals surface area contributed by atoms with Gasteiger partial charge in [0.05, 0.1) is 4.90 Å². The van der Waals surface area contributed by atoms with E-state index in [1.54, 1.807) is 16.4 Å². The molecule has 1 aromatic carbocycles. The molecule has 1 aliphatic rings. The summed E-state index contributed by atoms with van der Waals surface area (Å²) in [7, 11) is -3.36. The number of halogens is 1. The van der Waals surface area contributed by atoms with Crippen molar-refractivity contribution in [3.05, 3.63) is 29.8 Å². The molecule has 1 aliphatic heterocycles. The highest BCUT2D eigenvalue weighted by Gasteiger charge is 2.29. The fourth-order valence-electron chi connectivity index (χ4n) is 2.66. The molecule has 0 amide bonds. The lowest BCUT2D eigenvalue weighted by Crippen LogP contribution is -2.40. The second kappa shape index (κ2) is 7.30. The summed E-state index contributed by atoms with van der Waals surface area (Å²) in [6.45, 7) is 8.15. The first kappa shape index (κ1) is 19.4. The Bertz CT molecular complexity index is 571. The van der Waals surface area contributed by atoms with E-state index < -0.39 is 10.0 Å². The lowest BCUT2D eigenvalue weighted by atomic mass is 9.87. The Morgan fingerprint density at radius 2 is 1.64 bits per heavy atom. The zero-order valence-corrected chi connectivity index (χ0v) is 15.2. The number of hydrogen-bond acceptors (Lipinski definition) is 3. The second-order valence-corrected chi connectivity index (χ2v) is 8.80. The maximum Gasteiger partial charge on any atom is 0.243 e. The third-order valence-electron chi connectivity index (χ3n) is 4.26. The van der Waals surface area contributed by atoms with Crippen molar-refractivity contribution in [1.29, 1.82) is 0 Å². The van der Waals surface area contributed by atoms with Gasteiger partial charge < -0.3 is 5.73 Å². The van der Waals surface area contributed by atoms with Gasteiger partial charge >= 0.3 is 0 Å². The molecule has 6 heteroatoms. The molecule has 1 heterocycles. The number of nitrogens with two attached hydrogens (primary N) is 1. The average molecular weight is 347 g/mol. The molecule has 2 N–H and O–H groups in total. The van der Waals surface area contributed by atoms with Crippen LogP contribution in [0.15, 0.2) is 29.2 Å². The number of rotatable bonds is 3. The van der Waals surface area contributed by atoms with Crippen LogP contribution in [0, 0.1) is 5.92 Å². The third-order valence-corrected chi connectivity index (χ3v) is 6.18. The molecule has 0 atom stereocenters. The van der Waals surface area contributed by atoms with E-state index in [1.807, 2.05) is 12.1 Å². The fraction of sp³-hybridized carbons (Fsp3) is 0.625. The number of sulfonamides is 1. The van der Waals surface area contributed by atoms with Gasteiger partial charge in [-0.25, -0.2) is 8.42 Å². The highest BCUT2D eigenvalue weighted by Crippen LogP contribution is 2.26. The van der Waals surface area contributed by atoms with Gasteiger partial charge in [-0.2, -0.15) is 4.31 Å². The Balaban J connectivity index is 0.00000242. The van der Waals surface area contributed by atoms with Crippen LogP contribution in [-0.4, -0.2) is 32.4 Å². The first-order valence-corrected chi connectivity index (χ1v) is 9.00. The molecule has 1 aromatic rings. The molecule has 0 spiro atoms. The van der Waals surface area contributed by atoms with Crippen LogP contribution in [0.5, 0.6) is 0 Å². The van der Waals surface area contributed by atoms with Gasteiger partial charge in [0.25, 0.3) is 0 Å². The molecule has 0 radical (unpaired) electrons. The maximum absolute atomic E-state index is 12.6. The SMILES string of the molecule is CC(C)(C)c1ccc(S(=O)(=O)N2CCC(CN)CC2)cc1.Cl. The van der Waals surface area contributed by atoms with Gasteiger partial charge in [-0.15, -0.1) is 12.4 Å². The molecule has 0 aromatic heterocycles. The van der Waals surface area contributed by atoms with Crippen molar-refractivity contribution in [1.82, 2.24) is 4.31 Å². The van der Waals surface area contributed by atoms with Crippen molar-refractivity contribution in [2.45, 2.75) is 43.9 Å². The Morgan fingerprint density at radius 3 is 2.05 bits per heavy atom. The minimum atomic E-state index is -3.36. The summed E-state index contributed by atoms with van der Waals surface area (Å²) in [6, 6.07) is 7.29. The predicted molar refractivity (Wildman–Crippen MR) is 92.9 cm³/mol. The summed E-state index contributed by atoms with van der Waals surface area (Å²) in [5.41, 5.74) is 6.83. The molecule has 0 bridgehead atoms. The van der Waals surface area contributed by atoms with Gasteiger partial charge in [0.15, 0.2) is 0 Å². The largest absolute Gasteiger partial charge is 0.330 e. The summed E-state index contributed by atoms with van der Waals surface area (Å²) >= 11 is 0. The lowest BCUT2D eigenvalue weighted by molar-refractivity contribution is 0.278. The summed E-state index contributed by atoms with van der Waals surface area (Å²) in [5, 5.41) is 0. The van der Waals surface area contributed by atoms with E-state index in [0.29, 0.717) is 30.4 Å². The standard InChI is InChI=1S/C16H26N2O2S.ClH/c1-16(2,3)14-4-6-15(7-5-14)21(19,20)18-10-8-13(12-17)9-11-18;/h4-7,13H,8-12,17H2,1-3H3;1H. The summed E-state index contributed by atoms with van der Waals surface area (Å²) in [5.74, 6) is 0.458. The van der Waals surface area contributed by atoms with E-state index in [2.05, 4.69) is 20.8 Å². The summed E-state index contributed by atoms with van der Waals surface area (Å²) < 4.78 is 26.9. The Kier molecular flexibility index (Phi) is 6.45. The first-order chi connectivity index (χ1) is 9.75. The third kappa shape index (κ3) is 4.22. The molecular formula is C16H27ClN2O2S. The molecule has 0 saturated carbocycles. The smallest absolute Gasteiger partial charge is 0.243 e. The molecule has 0 aliphatic carbocycles. The van der Waals surface area contributed by atoms with Crippen LogP contribution >= 0.6 is 12.4 Å². The van der Waals surface area contributed by atoms with E-state index in [9.17, 15) is 8.42 Å².